The molecule has 0 aliphatic heterocycles. The molecule has 0 atom stereocenters. The van der Waals surface area contributed by atoms with E-state index in [-0.39, 0.29) is 5.75 Å². The number of carbonyl (C=O) groups is 2. The van der Waals surface area contributed by atoms with Crippen LogP contribution in [-0.2, 0) is 4.74 Å². The fourth-order valence-corrected chi connectivity index (χ4v) is 2.02. The minimum atomic E-state index is -0.654. The van der Waals surface area contributed by atoms with E-state index in [9.17, 15) is 14.0 Å². The molecule has 0 spiro atoms. The first-order valence-electron chi connectivity index (χ1n) is 7.23. The molecule has 0 unspecified atom stereocenters. The molecule has 0 aliphatic carbocycles. The number of nitrogens with zero attached hydrogens (tertiary/aromatic N) is 1. The summed E-state index contributed by atoms with van der Waals surface area (Å²) in [5, 5.41) is 2.47. The minimum Gasteiger partial charge on any atom is -0.453 e. The number of rotatable bonds is 4. The molecule has 0 fully saturated rings. The number of halogens is 1. The van der Waals surface area contributed by atoms with Crippen molar-refractivity contribution in [2.75, 3.05) is 23.9 Å². The molecule has 0 heterocycles. The van der Waals surface area contributed by atoms with E-state index in [1.165, 1.54) is 36.3 Å². The molecule has 0 saturated carbocycles. The van der Waals surface area contributed by atoms with Crippen molar-refractivity contribution >= 4 is 23.6 Å². The molecule has 0 radical (unpaired) electrons. The molecule has 0 saturated heterocycles. The highest BCUT2D eigenvalue weighted by atomic mass is 19.1. The van der Waals surface area contributed by atoms with Crippen LogP contribution in [0.2, 0.25) is 0 Å². The molecule has 2 aromatic rings. The van der Waals surface area contributed by atoms with Crippen molar-refractivity contribution in [1.29, 1.82) is 0 Å². The fraction of sp³-hybridized carbons (Fsp3) is 0.176. The predicted molar refractivity (Wildman–Crippen MR) is 87.9 cm³/mol. The second-order valence-corrected chi connectivity index (χ2v) is 4.74. The number of amides is 2. The largest absolute Gasteiger partial charge is 0.453 e. The Kier molecular flexibility index (Phi) is 5.73. The van der Waals surface area contributed by atoms with Crippen molar-refractivity contribution in [2.24, 2.45) is 0 Å². The molecule has 2 amide bonds. The molecule has 0 aromatic heterocycles. The molecular weight excluding hydrogens is 315 g/mol. The van der Waals surface area contributed by atoms with Crippen molar-refractivity contribution in [2.45, 2.75) is 6.92 Å². The number of carbonyl (C=O) groups excluding carboxylic acids is 2. The lowest BCUT2D eigenvalue weighted by atomic mass is 10.3. The van der Waals surface area contributed by atoms with Crippen LogP contribution >= 0.6 is 0 Å². The Balaban J connectivity index is 2.13. The first-order valence-corrected chi connectivity index (χ1v) is 7.23. The highest BCUT2D eigenvalue weighted by Gasteiger charge is 2.17. The lowest BCUT2D eigenvalue weighted by Crippen LogP contribution is -2.33. The Labute approximate surface area is 138 Å². The Morgan fingerprint density at radius 2 is 1.92 bits per heavy atom. The maximum absolute atomic E-state index is 13.3. The van der Waals surface area contributed by atoms with Crippen molar-refractivity contribution in [3.63, 3.8) is 0 Å². The summed E-state index contributed by atoms with van der Waals surface area (Å²) in [4.78, 5) is 24.8. The molecule has 2 aromatic carbocycles. The molecule has 7 heteroatoms. The van der Waals surface area contributed by atoms with Gasteiger partial charge >= 0.3 is 12.2 Å². The third kappa shape index (κ3) is 4.45. The van der Waals surface area contributed by atoms with Crippen LogP contribution in [0.5, 0.6) is 5.75 Å². The summed E-state index contributed by atoms with van der Waals surface area (Å²) in [7, 11) is 1.25. The van der Waals surface area contributed by atoms with E-state index in [0.717, 1.165) is 0 Å². The molecule has 0 bridgehead atoms. The number of methoxy groups -OCH3 is 1. The van der Waals surface area contributed by atoms with E-state index in [0.29, 0.717) is 17.9 Å². The Bertz CT molecular complexity index is 736. The fourth-order valence-electron chi connectivity index (χ4n) is 2.02. The summed E-state index contributed by atoms with van der Waals surface area (Å²) in [5.41, 5.74) is 0.812. The number of ether oxygens (including phenoxy) is 2. The lowest BCUT2D eigenvalue weighted by Gasteiger charge is -2.20. The van der Waals surface area contributed by atoms with Gasteiger partial charge in [0.25, 0.3) is 0 Å². The summed E-state index contributed by atoms with van der Waals surface area (Å²) in [6.45, 7) is 2.06. The summed E-state index contributed by atoms with van der Waals surface area (Å²) in [6.07, 6.45) is -1.29. The van der Waals surface area contributed by atoms with Crippen molar-refractivity contribution in [1.82, 2.24) is 0 Å². The van der Waals surface area contributed by atoms with E-state index in [2.05, 4.69) is 10.1 Å². The molecule has 0 aliphatic rings. The maximum Gasteiger partial charge on any atom is 0.419 e. The van der Waals surface area contributed by atoms with Gasteiger partial charge in [-0.05, 0) is 37.3 Å². The third-order valence-corrected chi connectivity index (χ3v) is 3.13. The summed E-state index contributed by atoms with van der Waals surface area (Å²) >= 11 is 0. The summed E-state index contributed by atoms with van der Waals surface area (Å²) in [6, 6.07) is 12.0. The lowest BCUT2D eigenvalue weighted by molar-refractivity contribution is 0.187. The smallest absolute Gasteiger partial charge is 0.419 e. The van der Waals surface area contributed by atoms with Gasteiger partial charge in [0.15, 0.2) is 0 Å². The topological polar surface area (TPSA) is 67.9 Å². The van der Waals surface area contributed by atoms with Crippen molar-refractivity contribution in [3.8, 4) is 5.75 Å². The third-order valence-electron chi connectivity index (χ3n) is 3.13. The van der Waals surface area contributed by atoms with E-state index in [4.69, 9.17) is 4.74 Å². The Morgan fingerprint density at radius 3 is 2.58 bits per heavy atom. The molecule has 6 nitrogen and oxygen atoms in total. The van der Waals surface area contributed by atoms with Crippen LogP contribution in [0.1, 0.15) is 6.92 Å². The second kappa shape index (κ2) is 7.96. The van der Waals surface area contributed by atoms with E-state index < -0.39 is 18.0 Å². The van der Waals surface area contributed by atoms with Gasteiger partial charge in [-0.15, -0.1) is 0 Å². The van der Waals surface area contributed by atoms with Crippen LogP contribution < -0.4 is 15.0 Å². The van der Waals surface area contributed by atoms with Gasteiger partial charge in [-0.25, -0.2) is 14.0 Å². The van der Waals surface area contributed by atoms with Gasteiger partial charge in [0.1, 0.15) is 11.6 Å². The average Bonchev–Trinajstić information content (AvgIpc) is 2.55. The quantitative estimate of drug-likeness (QED) is 0.918. The molecule has 2 rings (SSSR count). The predicted octanol–water partition coefficient (Wildman–Crippen LogP) is 4.03. The van der Waals surface area contributed by atoms with E-state index >= 15 is 0 Å². The summed E-state index contributed by atoms with van der Waals surface area (Å²) < 4.78 is 23.1. The Hall–Kier alpha value is -3.09. The zero-order valence-corrected chi connectivity index (χ0v) is 13.3. The number of nitrogens with one attached hydrogen (secondary N) is 1. The van der Waals surface area contributed by atoms with Gasteiger partial charge in [-0.1, -0.05) is 12.1 Å². The highest BCUT2D eigenvalue weighted by Crippen LogP contribution is 2.21. The van der Waals surface area contributed by atoms with Gasteiger partial charge in [0, 0.05) is 24.0 Å². The zero-order valence-electron chi connectivity index (χ0n) is 13.3. The molecular formula is C17H17FN2O4. The normalized spacial score (nSPS) is 9.96. The average molecular weight is 332 g/mol. The minimum absolute atomic E-state index is 0.240. The number of benzene rings is 2. The van der Waals surface area contributed by atoms with Gasteiger partial charge in [-0.2, -0.15) is 0 Å². The standard InChI is InChI=1S/C17H17FN2O4/c1-3-20(14-8-4-6-12(18)10-14)17(22)24-15-9-5-7-13(11-15)19-16(21)23-2/h4-11H,3H2,1-2H3,(H,19,21). The SMILES string of the molecule is CCN(C(=O)Oc1cccc(NC(=O)OC)c1)c1cccc(F)c1. The maximum atomic E-state index is 13.3. The van der Waals surface area contributed by atoms with Crippen molar-refractivity contribution in [3.05, 3.63) is 54.3 Å². The number of hydrogen-bond acceptors (Lipinski definition) is 4. The zero-order chi connectivity index (χ0) is 17.5. The summed E-state index contributed by atoms with van der Waals surface area (Å²) in [5.74, 6) is -0.202. The van der Waals surface area contributed by atoms with E-state index in [1.54, 1.807) is 31.2 Å². The second-order valence-electron chi connectivity index (χ2n) is 4.74. The van der Waals surface area contributed by atoms with Gasteiger partial charge in [0.05, 0.1) is 7.11 Å². The number of anilines is 2. The first kappa shape index (κ1) is 17.3. The van der Waals surface area contributed by atoms with Gasteiger partial charge < -0.3 is 9.47 Å². The van der Waals surface area contributed by atoms with Crippen molar-refractivity contribution < 1.29 is 23.5 Å². The molecule has 126 valence electrons. The number of hydrogen-bond donors (Lipinski definition) is 1. The van der Waals surface area contributed by atoms with Crippen LogP contribution in [-0.4, -0.2) is 25.8 Å². The molecule has 1 N–H and O–H groups in total. The van der Waals surface area contributed by atoms with Crippen LogP contribution in [0, 0.1) is 5.82 Å². The van der Waals surface area contributed by atoms with E-state index in [1.807, 2.05) is 0 Å². The van der Waals surface area contributed by atoms with Crippen LogP contribution in [0.25, 0.3) is 0 Å². The van der Waals surface area contributed by atoms with Crippen LogP contribution in [0.15, 0.2) is 48.5 Å². The monoisotopic (exact) mass is 332 g/mol. The van der Waals surface area contributed by atoms with Crippen LogP contribution in [0.3, 0.4) is 0 Å². The van der Waals surface area contributed by atoms with Crippen LogP contribution in [0.4, 0.5) is 25.4 Å². The molecule has 24 heavy (non-hydrogen) atoms. The van der Waals surface area contributed by atoms with Gasteiger partial charge in [-0.3, -0.25) is 10.2 Å². The first-order chi connectivity index (χ1) is 11.5. The Morgan fingerprint density at radius 1 is 1.17 bits per heavy atom. The van der Waals surface area contributed by atoms with Gasteiger partial charge in [0.2, 0.25) is 0 Å². The highest BCUT2D eigenvalue weighted by molar-refractivity contribution is 5.89.